The van der Waals surface area contributed by atoms with Crippen LogP contribution in [0.3, 0.4) is 0 Å². The molecule has 1 rings (SSSR count). The van der Waals surface area contributed by atoms with Gasteiger partial charge in [0.05, 0.1) is 10.6 Å². The Kier molecular flexibility index (Phi) is 4.08. The lowest BCUT2D eigenvalue weighted by atomic mass is 10.4. The fraction of sp³-hybridized carbons (Fsp3) is 0.250. The second-order valence-corrected chi connectivity index (χ2v) is 5.38. The molecule has 8 heteroatoms. The van der Waals surface area contributed by atoms with E-state index >= 15 is 0 Å². The summed E-state index contributed by atoms with van der Waals surface area (Å²) in [6, 6.07) is 5.54. The van der Waals surface area contributed by atoms with Gasteiger partial charge in [-0.15, -0.1) is 10.1 Å². The van der Waals surface area contributed by atoms with Gasteiger partial charge in [0.1, 0.15) is 6.61 Å². The molecule has 0 aliphatic carbocycles. The molecule has 0 N–H and O–H groups in total. The molecule has 0 saturated heterocycles. The van der Waals surface area contributed by atoms with Crippen LogP contribution in [0.15, 0.2) is 29.2 Å². The highest BCUT2D eigenvalue weighted by Crippen LogP contribution is 2.15. The molecule has 0 bridgehead atoms. The minimum atomic E-state index is -3.56. The van der Waals surface area contributed by atoms with Gasteiger partial charge in [-0.1, -0.05) is 11.6 Å². The van der Waals surface area contributed by atoms with Crippen LogP contribution in [0.25, 0.3) is 0 Å². The van der Waals surface area contributed by atoms with Gasteiger partial charge in [-0.05, 0) is 24.3 Å². The predicted molar refractivity (Wildman–Crippen MR) is 56.5 cm³/mol. The summed E-state index contributed by atoms with van der Waals surface area (Å²) in [6.07, 6.45) is 0. The lowest BCUT2D eigenvalue weighted by molar-refractivity contribution is -0.756. The number of sulfone groups is 1. The molecule has 6 nitrogen and oxygen atoms in total. The fourth-order valence-corrected chi connectivity index (χ4v) is 2.19. The van der Waals surface area contributed by atoms with Crippen LogP contribution < -0.4 is 0 Å². The Morgan fingerprint density at radius 3 is 2.38 bits per heavy atom. The molecule has 0 fully saturated rings. The summed E-state index contributed by atoms with van der Waals surface area (Å²) in [5, 5.41) is 9.22. The second kappa shape index (κ2) is 5.13. The Bertz CT molecular complexity index is 470. The molecule has 16 heavy (non-hydrogen) atoms. The van der Waals surface area contributed by atoms with Crippen molar-refractivity contribution in [2.24, 2.45) is 0 Å². The van der Waals surface area contributed by atoms with Crippen LogP contribution in [-0.2, 0) is 14.7 Å². The van der Waals surface area contributed by atoms with E-state index in [9.17, 15) is 18.5 Å². The van der Waals surface area contributed by atoms with Crippen LogP contribution >= 0.6 is 11.6 Å². The summed E-state index contributed by atoms with van der Waals surface area (Å²) in [5.41, 5.74) is 0. The van der Waals surface area contributed by atoms with Crippen molar-refractivity contribution in [2.75, 3.05) is 12.4 Å². The molecule has 0 unspecified atom stereocenters. The van der Waals surface area contributed by atoms with E-state index < -0.39 is 27.3 Å². The molecule has 0 heterocycles. The van der Waals surface area contributed by atoms with Gasteiger partial charge in [-0.25, -0.2) is 8.42 Å². The minimum Gasteiger partial charge on any atom is -0.313 e. The second-order valence-electron chi connectivity index (χ2n) is 2.83. The van der Waals surface area contributed by atoms with E-state index in [1.54, 1.807) is 0 Å². The van der Waals surface area contributed by atoms with E-state index in [2.05, 4.69) is 4.84 Å². The van der Waals surface area contributed by atoms with Crippen molar-refractivity contribution in [3.8, 4) is 0 Å². The highest BCUT2D eigenvalue weighted by Gasteiger charge is 2.14. The number of hydrogen-bond acceptors (Lipinski definition) is 5. The van der Waals surface area contributed by atoms with Crippen LogP contribution in [0.1, 0.15) is 0 Å². The van der Waals surface area contributed by atoms with Gasteiger partial charge in [0, 0.05) is 5.02 Å². The first kappa shape index (κ1) is 12.7. The van der Waals surface area contributed by atoms with Crippen molar-refractivity contribution >= 4 is 21.4 Å². The average molecular weight is 266 g/mol. The molecule has 0 aliphatic heterocycles. The Labute approximate surface area is 96.8 Å². The summed E-state index contributed by atoms with van der Waals surface area (Å²) in [5.74, 6) is -0.449. The zero-order valence-corrected chi connectivity index (χ0v) is 9.57. The molecule has 0 amide bonds. The van der Waals surface area contributed by atoms with Crippen LogP contribution in [0.4, 0.5) is 0 Å². The maximum atomic E-state index is 11.6. The third kappa shape index (κ3) is 3.67. The first-order chi connectivity index (χ1) is 7.42. The van der Waals surface area contributed by atoms with Crippen molar-refractivity contribution in [1.29, 1.82) is 0 Å². The number of rotatable bonds is 5. The molecule has 1 aromatic rings. The molecule has 0 aromatic heterocycles. The molecule has 0 atom stereocenters. The summed E-state index contributed by atoms with van der Waals surface area (Å²) in [6.45, 7) is -0.488. The normalized spacial score (nSPS) is 11.1. The van der Waals surface area contributed by atoms with Crippen molar-refractivity contribution in [2.45, 2.75) is 4.90 Å². The molecule has 0 aliphatic rings. The lowest BCUT2D eigenvalue weighted by Gasteiger charge is -2.03. The maximum absolute atomic E-state index is 11.6. The topological polar surface area (TPSA) is 86.5 Å². The first-order valence-electron chi connectivity index (χ1n) is 4.17. The Hall–Kier alpha value is -1.34. The average Bonchev–Trinajstić information content (AvgIpc) is 2.17. The lowest BCUT2D eigenvalue weighted by Crippen LogP contribution is -2.14. The van der Waals surface area contributed by atoms with Crippen molar-refractivity contribution in [3.05, 3.63) is 39.4 Å². The van der Waals surface area contributed by atoms with Crippen LogP contribution in [0.2, 0.25) is 5.02 Å². The Morgan fingerprint density at radius 1 is 1.31 bits per heavy atom. The monoisotopic (exact) mass is 265 g/mol. The van der Waals surface area contributed by atoms with Gasteiger partial charge in [-0.2, -0.15) is 0 Å². The summed E-state index contributed by atoms with van der Waals surface area (Å²) in [4.78, 5) is 13.8. The summed E-state index contributed by atoms with van der Waals surface area (Å²) >= 11 is 5.60. The fourth-order valence-electron chi connectivity index (χ4n) is 0.981. The van der Waals surface area contributed by atoms with E-state index in [-0.39, 0.29) is 4.90 Å². The zero-order chi connectivity index (χ0) is 12.2. The largest absolute Gasteiger partial charge is 0.313 e. The SMILES string of the molecule is O=[N+]([O-])OCCS(=O)(=O)c1ccc(Cl)cc1. The highest BCUT2D eigenvalue weighted by molar-refractivity contribution is 7.91. The van der Waals surface area contributed by atoms with Gasteiger partial charge >= 0.3 is 0 Å². The predicted octanol–water partition coefficient (Wildman–Crippen LogP) is 1.32. The van der Waals surface area contributed by atoms with E-state index in [0.29, 0.717) is 5.02 Å². The molecule has 88 valence electrons. The molecule has 1 aromatic carbocycles. The summed E-state index contributed by atoms with van der Waals surface area (Å²) in [7, 11) is -3.56. The maximum Gasteiger partial charge on any atom is 0.294 e. The van der Waals surface area contributed by atoms with Crippen LogP contribution in [0.5, 0.6) is 0 Å². The summed E-state index contributed by atoms with van der Waals surface area (Å²) < 4.78 is 23.2. The number of halogens is 1. The third-order valence-corrected chi connectivity index (χ3v) is 3.67. The highest BCUT2D eigenvalue weighted by atomic mass is 35.5. The first-order valence-corrected chi connectivity index (χ1v) is 6.20. The van der Waals surface area contributed by atoms with Crippen LogP contribution in [-0.4, -0.2) is 25.9 Å². The standard InChI is InChI=1S/C8H8ClNO5S/c9-7-1-3-8(4-2-7)16(13,14)6-5-15-10(11)12/h1-4H,5-6H2. The smallest absolute Gasteiger partial charge is 0.294 e. The number of hydrogen-bond donors (Lipinski definition) is 0. The number of benzene rings is 1. The van der Waals surface area contributed by atoms with E-state index in [0.717, 1.165) is 0 Å². The van der Waals surface area contributed by atoms with E-state index in [1.165, 1.54) is 24.3 Å². The Morgan fingerprint density at radius 2 is 1.88 bits per heavy atom. The Balaban J connectivity index is 2.71. The molecule has 0 spiro atoms. The van der Waals surface area contributed by atoms with Crippen molar-refractivity contribution in [3.63, 3.8) is 0 Å². The van der Waals surface area contributed by atoms with Gasteiger partial charge in [0.25, 0.3) is 5.09 Å². The zero-order valence-electron chi connectivity index (χ0n) is 8.00. The third-order valence-electron chi connectivity index (χ3n) is 1.72. The molecule has 0 radical (unpaired) electrons. The van der Waals surface area contributed by atoms with Crippen LogP contribution in [0, 0.1) is 10.1 Å². The van der Waals surface area contributed by atoms with Gasteiger partial charge < -0.3 is 4.84 Å². The van der Waals surface area contributed by atoms with Gasteiger partial charge in [0.2, 0.25) is 0 Å². The number of nitrogens with zero attached hydrogens (tertiary/aromatic N) is 1. The molecule has 0 saturated carbocycles. The van der Waals surface area contributed by atoms with Crippen molar-refractivity contribution < 1.29 is 18.3 Å². The van der Waals surface area contributed by atoms with Crippen molar-refractivity contribution in [1.82, 2.24) is 0 Å². The quantitative estimate of drug-likeness (QED) is 0.592. The van der Waals surface area contributed by atoms with E-state index in [1.807, 2.05) is 0 Å². The molecular weight excluding hydrogens is 258 g/mol. The molecular formula is C8H8ClNO5S. The van der Waals surface area contributed by atoms with Gasteiger partial charge in [-0.3, -0.25) is 0 Å². The minimum absolute atomic E-state index is 0.0591. The van der Waals surface area contributed by atoms with Gasteiger partial charge in [0.15, 0.2) is 9.84 Å². The van der Waals surface area contributed by atoms with E-state index in [4.69, 9.17) is 11.6 Å².